The van der Waals surface area contributed by atoms with E-state index >= 15 is 0 Å². The van der Waals surface area contributed by atoms with Crippen LogP contribution in [0.2, 0.25) is 5.02 Å². The lowest BCUT2D eigenvalue weighted by Gasteiger charge is -2.28. The quantitative estimate of drug-likeness (QED) is 0.770. The molecule has 1 atom stereocenters. The minimum absolute atomic E-state index is 0.0370. The number of carbonyl (C=O) groups is 2. The second-order valence-electron chi connectivity index (χ2n) is 5.89. The highest BCUT2D eigenvalue weighted by Gasteiger charge is 2.29. The number of carbonyl (C=O) groups excluding carboxylic acids is 1. The average Bonchev–Trinajstić information content (AvgIpc) is 2.45. The van der Waals surface area contributed by atoms with Gasteiger partial charge in [0, 0.05) is 7.11 Å². The van der Waals surface area contributed by atoms with Gasteiger partial charge in [-0.15, -0.1) is 0 Å². The summed E-state index contributed by atoms with van der Waals surface area (Å²) in [6, 6.07) is 3.34. The molecule has 1 heterocycles. The summed E-state index contributed by atoms with van der Waals surface area (Å²) in [5, 5.41) is 12.1. The van der Waals surface area contributed by atoms with E-state index in [1.54, 1.807) is 19.1 Å². The molecule has 24 heavy (non-hydrogen) atoms. The molecule has 1 aliphatic rings. The number of aliphatic carboxylic acids is 1. The van der Waals surface area contributed by atoms with Gasteiger partial charge >= 0.3 is 5.97 Å². The van der Waals surface area contributed by atoms with Crippen LogP contribution in [0.15, 0.2) is 12.1 Å². The van der Waals surface area contributed by atoms with Gasteiger partial charge in [0.05, 0.1) is 30.0 Å². The predicted octanol–water partition coefficient (Wildman–Crippen LogP) is 1.65. The lowest BCUT2D eigenvalue weighted by Crippen LogP contribution is -2.51. The minimum Gasteiger partial charge on any atom is -0.486 e. The van der Waals surface area contributed by atoms with Crippen LogP contribution in [0.1, 0.15) is 18.9 Å². The molecule has 1 aromatic rings. The zero-order chi connectivity index (χ0) is 17.7. The number of carboxylic acids is 1. The lowest BCUT2D eigenvalue weighted by atomic mass is 9.98. The molecule has 1 unspecified atom stereocenters. The first-order chi connectivity index (χ1) is 11.3. The Kier molecular flexibility index (Phi) is 5.90. The topological polar surface area (TPSA) is 94.1 Å². The van der Waals surface area contributed by atoms with Crippen LogP contribution in [0.5, 0.6) is 11.5 Å². The van der Waals surface area contributed by atoms with Gasteiger partial charge < -0.3 is 24.6 Å². The lowest BCUT2D eigenvalue weighted by molar-refractivity contribution is -0.139. The molecule has 0 spiro atoms. The third kappa shape index (κ3) is 4.75. The Morgan fingerprint density at radius 3 is 2.75 bits per heavy atom. The second kappa shape index (κ2) is 7.72. The number of rotatable bonds is 7. The molecule has 0 aromatic heterocycles. The van der Waals surface area contributed by atoms with Gasteiger partial charge in [-0.1, -0.05) is 11.6 Å². The molecule has 1 aromatic carbocycles. The first-order valence-electron chi connectivity index (χ1n) is 7.43. The fourth-order valence-corrected chi connectivity index (χ4v) is 2.90. The van der Waals surface area contributed by atoms with Crippen molar-refractivity contribution in [1.82, 2.24) is 5.32 Å². The van der Waals surface area contributed by atoms with Crippen molar-refractivity contribution >= 4 is 23.5 Å². The molecule has 2 N–H and O–H groups in total. The molecule has 132 valence electrons. The fourth-order valence-electron chi connectivity index (χ4n) is 2.62. The van der Waals surface area contributed by atoms with Gasteiger partial charge in [-0.3, -0.25) is 9.59 Å². The third-order valence-corrected chi connectivity index (χ3v) is 3.75. The highest BCUT2D eigenvalue weighted by atomic mass is 35.5. The van der Waals surface area contributed by atoms with E-state index in [2.05, 4.69) is 5.32 Å². The van der Waals surface area contributed by atoms with Gasteiger partial charge in [0.15, 0.2) is 11.5 Å². The number of carboxylic acid groups (broad SMARTS) is 1. The molecule has 1 aliphatic heterocycles. The van der Waals surface area contributed by atoms with Crippen LogP contribution >= 0.6 is 11.6 Å². The van der Waals surface area contributed by atoms with E-state index in [1.165, 1.54) is 7.11 Å². The van der Waals surface area contributed by atoms with Crippen LogP contribution in [0, 0.1) is 0 Å². The Balaban J connectivity index is 2.08. The first kappa shape index (κ1) is 18.4. The molecule has 0 saturated carbocycles. The van der Waals surface area contributed by atoms with Crippen molar-refractivity contribution in [2.45, 2.75) is 25.3 Å². The molecule has 0 saturated heterocycles. The summed E-state index contributed by atoms with van der Waals surface area (Å²) in [5.74, 6) is -0.371. The van der Waals surface area contributed by atoms with Gasteiger partial charge in [0.2, 0.25) is 5.91 Å². The van der Waals surface area contributed by atoms with E-state index in [1.807, 2.05) is 0 Å². The maximum Gasteiger partial charge on any atom is 0.305 e. The summed E-state index contributed by atoms with van der Waals surface area (Å²) >= 11 is 6.15. The molecule has 2 rings (SSSR count). The van der Waals surface area contributed by atoms with Crippen molar-refractivity contribution in [2.75, 3.05) is 26.9 Å². The first-order valence-corrected chi connectivity index (χ1v) is 7.80. The summed E-state index contributed by atoms with van der Waals surface area (Å²) < 4.78 is 15.9. The molecule has 1 amide bonds. The van der Waals surface area contributed by atoms with Gasteiger partial charge in [0.1, 0.15) is 13.2 Å². The molecule has 7 nitrogen and oxygen atoms in total. The van der Waals surface area contributed by atoms with Crippen molar-refractivity contribution < 1.29 is 28.9 Å². The Labute approximate surface area is 144 Å². The highest BCUT2D eigenvalue weighted by molar-refractivity contribution is 6.32. The van der Waals surface area contributed by atoms with Crippen LogP contribution < -0.4 is 14.8 Å². The number of amides is 1. The number of methoxy groups -OCH3 is 1. The minimum atomic E-state index is -1.02. The summed E-state index contributed by atoms with van der Waals surface area (Å²) in [6.07, 6.45) is -0.205. The summed E-state index contributed by atoms with van der Waals surface area (Å²) in [4.78, 5) is 23.3. The monoisotopic (exact) mass is 357 g/mol. The second-order valence-corrected chi connectivity index (χ2v) is 6.30. The normalized spacial score (nSPS) is 15.5. The van der Waals surface area contributed by atoms with Crippen LogP contribution in [-0.4, -0.2) is 49.5 Å². The Morgan fingerprint density at radius 2 is 2.08 bits per heavy atom. The standard InChI is InChI=1S/C16H20ClNO6/c1-16(9-22-2,8-14(20)21)18-13(19)7-10-5-11(17)15-12(6-10)23-3-4-24-15/h5-6H,3-4,7-9H2,1-2H3,(H,18,19)(H,20,21). The molecular weight excluding hydrogens is 338 g/mol. The van der Waals surface area contributed by atoms with Gasteiger partial charge in [0.25, 0.3) is 0 Å². The SMILES string of the molecule is COCC(C)(CC(=O)O)NC(=O)Cc1cc(Cl)c2c(c1)OCCO2. The maximum atomic E-state index is 12.3. The molecule has 0 bridgehead atoms. The number of ether oxygens (including phenoxy) is 3. The Hall–Kier alpha value is -1.99. The molecule has 0 fully saturated rings. The maximum absolute atomic E-state index is 12.3. The number of nitrogens with one attached hydrogen (secondary N) is 1. The van der Waals surface area contributed by atoms with Crippen molar-refractivity contribution in [1.29, 1.82) is 0 Å². The van der Waals surface area contributed by atoms with Crippen molar-refractivity contribution in [3.8, 4) is 11.5 Å². The average molecular weight is 358 g/mol. The Bertz CT molecular complexity index is 635. The van der Waals surface area contributed by atoms with E-state index < -0.39 is 11.5 Å². The van der Waals surface area contributed by atoms with E-state index in [9.17, 15) is 9.59 Å². The fraction of sp³-hybridized carbons (Fsp3) is 0.500. The van der Waals surface area contributed by atoms with Crippen molar-refractivity contribution in [3.63, 3.8) is 0 Å². The number of hydrogen-bond acceptors (Lipinski definition) is 5. The molecule has 8 heteroatoms. The molecule has 0 radical (unpaired) electrons. The largest absolute Gasteiger partial charge is 0.486 e. The van der Waals surface area contributed by atoms with Gasteiger partial charge in [-0.2, -0.15) is 0 Å². The summed E-state index contributed by atoms with van der Waals surface area (Å²) in [7, 11) is 1.45. The zero-order valence-corrected chi connectivity index (χ0v) is 14.3. The van der Waals surface area contributed by atoms with Gasteiger partial charge in [-0.05, 0) is 24.6 Å². The number of halogens is 1. The summed E-state index contributed by atoms with van der Waals surface area (Å²) in [6.45, 7) is 2.56. The molecular formula is C16H20ClNO6. The highest BCUT2D eigenvalue weighted by Crippen LogP contribution is 2.38. The van der Waals surface area contributed by atoms with Crippen LogP contribution in [-0.2, 0) is 20.7 Å². The third-order valence-electron chi connectivity index (χ3n) is 3.47. The van der Waals surface area contributed by atoms with E-state index in [4.69, 9.17) is 30.9 Å². The zero-order valence-electron chi connectivity index (χ0n) is 13.6. The van der Waals surface area contributed by atoms with Gasteiger partial charge in [-0.25, -0.2) is 0 Å². The van der Waals surface area contributed by atoms with E-state index in [0.717, 1.165) is 0 Å². The van der Waals surface area contributed by atoms with E-state index in [-0.39, 0.29) is 25.4 Å². The van der Waals surface area contributed by atoms with Crippen molar-refractivity contribution in [3.05, 3.63) is 22.7 Å². The molecule has 0 aliphatic carbocycles. The number of benzene rings is 1. The Morgan fingerprint density at radius 1 is 1.38 bits per heavy atom. The van der Waals surface area contributed by atoms with Crippen LogP contribution in [0.25, 0.3) is 0 Å². The van der Waals surface area contributed by atoms with E-state index in [0.29, 0.717) is 35.3 Å². The van der Waals surface area contributed by atoms with Crippen LogP contribution in [0.3, 0.4) is 0 Å². The predicted molar refractivity (Wildman–Crippen MR) is 86.8 cm³/mol. The van der Waals surface area contributed by atoms with Crippen LogP contribution in [0.4, 0.5) is 0 Å². The number of fused-ring (bicyclic) bond motifs is 1. The summed E-state index contributed by atoms with van der Waals surface area (Å²) in [5.41, 5.74) is -0.341. The van der Waals surface area contributed by atoms with Crippen molar-refractivity contribution in [2.24, 2.45) is 0 Å². The number of hydrogen-bond donors (Lipinski definition) is 2. The smallest absolute Gasteiger partial charge is 0.305 e.